The van der Waals surface area contributed by atoms with Gasteiger partial charge >= 0.3 is 18.2 Å². The van der Waals surface area contributed by atoms with E-state index in [0.717, 1.165) is 24.3 Å². The maximum absolute atomic E-state index is 13.4. The summed E-state index contributed by atoms with van der Waals surface area (Å²) in [4.78, 5) is 33.8. The van der Waals surface area contributed by atoms with Crippen LogP contribution in [0.5, 0.6) is 0 Å². The predicted octanol–water partition coefficient (Wildman–Crippen LogP) is 1.38. The maximum Gasteiger partial charge on any atom is 0.437 e. The number of benzene rings is 1. The van der Waals surface area contributed by atoms with Crippen LogP contribution in [0.3, 0.4) is 0 Å². The van der Waals surface area contributed by atoms with Crippen LogP contribution in [0.15, 0.2) is 24.3 Å². The van der Waals surface area contributed by atoms with Crippen molar-refractivity contribution in [3.63, 3.8) is 0 Å². The fourth-order valence-corrected chi connectivity index (χ4v) is 2.62. The number of nitro groups is 1. The molecule has 1 saturated heterocycles. The molecule has 1 aromatic rings. The van der Waals surface area contributed by atoms with Gasteiger partial charge in [0.25, 0.3) is 11.4 Å². The van der Waals surface area contributed by atoms with Crippen molar-refractivity contribution in [1.82, 2.24) is 10.6 Å². The van der Waals surface area contributed by atoms with Crippen LogP contribution in [0.4, 0.5) is 23.7 Å². The number of esters is 1. The number of amides is 2. The smallest absolute Gasteiger partial charge is 0.437 e. The number of alkyl halides is 3. The fourth-order valence-electron chi connectivity index (χ4n) is 2.62. The summed E-state index contributed by atoms with van der Waals surface area (Å²) >= 11 is 0. The molecule has 1 aliphatic heterocycles. The molecule has 0 bridgehead atoms. The van der Waals surface area contributed by atoms with Gasteiger partial charge in [-0.2, -0.15) is 13.2 Å². The number of carbonyl (C=O) groups is 2. The second-order valence-corrected chi connectivity index (χ2v) is 5.42. The standard InChI is InChI=1S/C14H14F3N3O6/c1-2-26-11(21)9-10(7-3-5-8(6-4-7)20(24)25)18-12(22)19-13(9,23)14(15,16)17/h3-6,9-10,23H,2H2,1H3,(H2,18,19,22)/t9-,10+,13+/m0/s1. The third-order valence-corrected chi connectivity index (χ3v) is 3.81. The van der Waals surface area contributed by atoms with Crippen molar-refractivity contribution in [2.75, 3.05) is 6.61 Å². The molecule has 3 N–H and O–H groups in total. The number of hydrogen-bond donors (Lipinski definition) is 3. The van der Waals surface area contributed by atoms with E-state index in [9.17, 15) is 38.0 Å². The molecule has 0 aliphatic carbocycles. The summed E-state index contributed by atoms with van der Waals surface area (Å²) in [6, 6.07) is 1.16. The lowest BCUT2D eigenvalue weighted by atomic mass is 9.82. The summed E-state index contributed by atoms with van der Waals surface area (Å²) in [5, 5.41) is 24.2. The van der Waals surface area contributed by atoms with Crippen molar-refractivity contribution in [1.29, 1.82) is 0 Å². The molecular formula is C14H14F3N3O6. The number of ether oxygens (including phenoxy) is 1. The molecule has 0 unspecified atom stereocenters. The van der Waals surface area contributed by atoms with Crippen LogP contribution in [0.25, 0.3) is 0 Å². The first-order chi connectivity index (χ1) is 12.0. The van der Waals surface area contributed by atoms with Gasteiger partial charge in [0.2, 0.25) is 0 Å². The predicted molar refractivity (Wildman–Crippen MR) is 78.6 cm³/mol. The van der Waals surface area contributed by atoms with E-state index in [-0.39, 0.29) is 17.9 Å². The highest BCUT2D eigenvalue weighted by molar-refractivity contribution is 5.83. The number of aliphatic hydroxyl groups is 1. The Bertz CT molecular complexity index is 724. The number of nitrogens with one attached hydrogen (secondary N) is 2. The minimum absolute atomic E-state index is 0.0498. The minimum Gasteiger partial charge on any atom is -0.466 e. The normalized spacial score (nSPS) is 25.8. The number of nitrogens with zero attached hydrogens (tertiary/aromatic N) is 1. The average molecular weight is 377 g/mol. The molecular weight excluding hydrogens is 363 g/mol. The first-order valence-corrected chi connectivity index (χ1v) is 7.30. The van der Waals surface area contributed by atoms with Gasteiger partial charge in [0.15, 0.2) is 0 Å². The summed E-state index contributed by atoms with van der Waals surface area (Å²) in [7, 11) is 0. The van der Waals surface area contributed by atoms with E-state index < -0.39 is 40.8 Å². The van der Waals surface area contributed by atoms with Crippen molar-refractivity contribution < 1.29 is 37.5 Å². The Balaban J connectivity index is 2.54. The van der Waals surface area contributed by atoms with Crippen LogP contribution in [-0.4, -0.2) is 40.5 Å². The molecule has 0 saturated carbocycles. The Morgan fingerprint density at radius 1 is 1.38 bits per heavy atom. The van der Waals surface area contributed by atoms with Gasteiger partial charge in [-0.25, -0.2) is 4.79 Å². The molecule has 0 radical (unpaired) electrons. The zero-order valence-electron chi connectivity index (χ0n) is 13.2. The molecule has 1 fully saturated rings. The number of urea groups is 1. The van der Waals surface area contributed by atoms with Crippen LogP contribution < -0.4 is 10.6 Å². The Labute approximate surface area is 144 Å². The molecule has 0 aromatic heterocycles. The zero-order chi connectivity index (χ0) is 19.7. The number of halogens is 3. The Hall–Kier alpha value is -2.89. The summed E-state index contributed by atoms with van der Waals surface area (Å²) in [6.45, 7) is 1.10. The zero-order valence-corrected chi connectivity index (χ0v) is 13.2. The van der Waals surface area contributed by atoms with E-state index >= 15 is 0 Å². The molecule has 3 atom stereocenters. The monoisotopic (exact) mass is 377 g/mol. The number of nitro benzene ring substituents is 1. The molecule has 2 amide bonds. The average Bonchev–Trinajstić information content (AvgIpc) is 2.53. The number of hydrogen-bond acceptors (Lipinski definition) is 6. The minimum atomic E-state index is -5.39. The quantitative estimate of drug-likeness (QED) is 0.413. The Morgan fingerprint density at radius 3 is 2.42 bits per heavy atom. The van der Waals surface area contributed by atoms with Crippen molar-refractivity contribution in [3.05, 3.63) is 39.9 Å². The molecule has 1 aromatic carbocycles. The highest BCUT2D eigenvalue weighted by Gasteiger charge is 2.67. The molecule has 1 aliphatic rings. The molecule has 2 rings (SSSR count). The topological polar surface area (TPSA) is 131 Å². The molecule has 9 nitrogen and oxygen atoms in total. The second-order valence-electron chi connectivity index (χ2n) is 5.42. The van der Waals surface area contributed by atoms with Gasteiger partial charge in [-0.1, -0.05) is 12.1 Å². The summed E-state index contributed by atoms with van der Waals surface area (Å²) in [6.07, 6.45) is -5.39. The number of carbonyl (C=O) groups excluding carboxylic acids is 2. The largest absolute Gasteiger partial charge is 0.466 e. The third kappa shape index (κ3) is 3.40. The van der Waals surface area contributed by atoms with Gasteiger partial charge < -0.3 is 20.5 Å². The van der Waals surface area contributed by atoms with Crippen LogP contribution in [-0.2, 0) is 9.53 Å². The lowest BCUT2D eigenvalue weighted by Crippen LogP contribution is -2.73. The highest BCUT2D eigenvalue weighted by Crippen LogP contribution is 2.43. The van der Waals surface area contributed by atoms with Crippen LogP contribution in [0.2, 0.25) is 0 Å². The van der Waals surface area contributed by atoms with Crippen molar-refractivity contribution in [2.24, 2.45) is 5.92 Å². The Morgan fingerprint density at radius 2 is 1.96 bits per heavy atom. The molecule has 1 heterocycles. The lowest BCUT2D eigenvalue weighted by Gasteiger charge is -2.44. The summed E-state index contributed by atoms with van der Waals surface area (Å²) in [5.41, 5.74) is -4.27. The van der Waals surface area contributed by atoms with Crippen molar-refractivity contribution in [2.45, 2.75) is 24.9 Å². The van der Waals surface area contributed by atoms with E-state index in [1.807, 2.05) is 0 Å². The highest BCUT2D eigenvalue weighted by atomic mass is 19.4. The van der Waals surface area contributed by atoms with Crippen LogP contribution >= 0.6 is 0 Å². The van der Waals surface area contributed by atoms with E-state index in [1.165, 1.54) is 12.2 Å². The van der Waals surface area contributed by atoms with Gasteiger partial charge in [0, 0.05) is 12.1 Å². The summed E-state index contributed by atoms with van der Waals surface area (Å²) in [5.74, 6) is -3.68. The Kier molecular flexibility index (Phi) is 5.07. The number of rotatable bonds is 4. The fraction of sp³-hybridized carbons (Fsp3) is 0.429. The van der Waals surface area contributed by atoms with Gasteiger partial charge in [-0.05, 0) is 12.5 Å². The first kappa shape index (κ1) is 19.4. The molecule has 26 heavy (non-hydrogen) atoms. The van der Waals surface area contributed by atoms with E-state index in [0.29, 0.717) is 0 Å². The SMILES string of the molecule is CCOC(=O)[C@@H]1[C@@H](c2ccc([N+](=O)[O-])cc2)NC(=O)N[C@]1(O)C(F)(F)F. The van der Waals surface area contributed by atoms with Gasteiger partial charge in [0.05, 0.1) is 17.6 Å². The molecule has 142 valence electrons. The third-order valence-electron chi connectivity index (χ3n) is 3.81. The lowest BCUT2D eigenvalue weighted by molar-refractivity contribution is -0.384. The van der Waals surface area contributed by atoms with Crippen LogP contribution in [0.1, 0.15) is 18.5 Å². The van der Waals surface area contributed by atoms with Crippen LogP contribution in [0, 0.1) is 16.0 Å². The van der Waals surface area contributed by atoms with Gasteiger partial charge in [-0.15, -0.1) is 0 Å². The number of non-ortho nitro benzene ring substituents is 1. The summed E-state index contributed by atoms with van der Waals surface area (Å²) < 4.78 is 44.9. The first-order valence-electron chi connectivity index (χ1n) is 7.30. The second kappa shape index (κ2) is 6.78. The van der Waals surface area contributed by atoms with E-state index in [4.69, 9.17) is 0 Å². The van der Waals surface area contributed by atoms with Gasteiger partial charge in [-0.3, -0.25) is 14.9 Å². The maximum atomic E-state index is 13.4. The molecule has 12 heteroatoms. The molecule has 0 spiro atoms. The van der Waals surface area contributed by atoms with Crippen molar-refractivity contribution in [3.8, 4) is 0 Å². The van der Waals surface area contributed by atoms with Crippen molar-refractivity contribution >= 4 is 17.7 Å². The van der Waals surface area contributed by atoms with Gasteiger partial charge in [0.1, 0.15) is 5.92 Å². The van der Waals surface area contributed by atoms with E-state index in [1.54, 1.807) is 0 Å². The van der Waals surface area contributed by atoms with E-state index in [2.05, 4.69) is 10.1 Å².